The van der Waals surface area contributed by atoms with E-state index >= 15 is 0 Å². The summed E-state index contributed by atoms with van der Waals surface area (Å²) in [5.74, 6) is 2.84. The second-order valence-electron chi connectivity index (χ2n) is 12.6. The zero-order valence-corrected chi connectivity index (χ0v) is 25.0. The van der Waals surface area contributed by atoms with Crippen LogP contribution in [0.25, 0.3) is 0 Å². The van der Waals surface area contributed by atoms with Crippen molar-refractivity contribution in [3.63, 3.8) is 0 Å². The number of allylic oxidation sites excluding steroid dienone is 1. The van der Waals surface area contributed by atoms with Crippen LogP contribution in [0.4, 0.5) is 0 Å². The molecule has 0 nitrogen and oxygen atoms in total. The first-order chi connectivity index (χ1) is 19.1. The molecular weight excluding hydrogens is 468 g/mol. The summed E-state index contributed by atoms with van der Waals surface area (Å²) in [5, 5.41) is 0. The Bertz CT molecular complexity index is 1100. The Morgan fingerprint density at radius 1 is 0.667 bits per heavy atom. The van der Waals surface area contributed by atoms with Gasteiger partial charge in [-0.25, -0.2) is 0 Å². The number of hydrogen-bond donors (Lipinski definition) is 0. The Morgan fingerprint density at radius 3 is 1.56 bits per heavy atom. The molecule has 1 aliphatic carbocycles. The molecule has 3 aromatic rings. The van der Waals surface area contributed by atoms with E-state index in [0.717, 1.165) is 24.2 Å². The lowest BCUT2D eigenvalue weighted by atomic mass is 9.83. The normalized spacial score (nSPS) is 15.6. The van der Waals surface area contributed by atoms with Gasteiger partial charge in [0.15, 0.2) is 0 Å². The minimum atomic E-state index is 0.276. The SMILES string of the molecule is C=CCCCC(C)CCc1ccc(C(c2ccc(CCC(C)CC)cc2)c2ccc(CCC3CC3)cc2)cc1. The van der Waals surface area contributed by atoms with Crippen LogP contribution in [0.15, 0.2) is 85.5 Å². The largest absolute Gasteiger partial charge is 0.103 e. The van der Waals surface area contributed by atoms with E-state index in [-0.39, 0.29) is 5.92 Å². The smallest absolute Gasteiger partial charge is 0.0339 e. The van der Waals surface area contributed by atoms with E-state index in [0.29, 0.717) is 0 Å². The highest BCUT2D eigenvalue weighted by Crippen LogP contribution is 2.35. The number of aryl methyl sites for hydroxylation is 3. The fourth-order valence-corrected chi connectivity index (χ4v) is 5.77. The molecular formula is C39H52. The van der Waals surface area contributed by atoms with Gasteiger partial charge in [0.1, 0.15) is 0 Å². The minimum absolute atomic E-state index is 0.276. The second-order valence-corrected chi connectivity index (χ2v) is 12.6. The van der Waals surface area contributed by atoms with Gasteiger partial charge in [-0.15, -0.1) is 6.58 Å². The monoisotopic (exact) mass is 520 g/mol. The molecule has 4 rings (SSSR count). The summed E-state index contributed by atoms with van der Waals surface area (Å²) in [6.45, 7) is 10.9. The van der Waals surface area contributed by atoms with Gasteiger partial charge in [-0.3, -0.25) is 0 Å². The Morgan fingerprint density at radius 2 is 1.13 bits per heavy atom. The Labute approximate surface area is 240 Å². The van der Waals surface area contributed by atoms with Crippen molar-refractivity contribution < 1.29 is 0 Å². The highest BCUT2D eigenvalue weighted by molar-refractivity contribution is 5.45. The number of unbranched alkanes of at least 4 members (excludes halogenated alkanes) is 1. The van der Waals surface area contributed by atoms with Crippen molar-refractivity contribution in [2.75, 3.05) is 0 Å². The van der Waals surface area contributed by atoms with Crippen LogP contribution in [0.2, 0.25) is 0 Å². The second kappa shape index (κ2) is 15.3. The van der Waals surface area contributed by atoms with Crippen LogP contribution in [0.5, 0.6) is 0 Å². The molecule has 0 spiro atoms. The Kier molecular flexibility index (Phi) is 11.5. The highest BCUT2D eigenvalue weighted by Gasteiger charge is 2.21. The molecule has 0 N–H and O–H groups in total. The van der Waals surface area contributed by atoms with Crippen molar-refractivity contribution in [1.82, 2.24) is 0 Å². The fraction of sp³-hybridized carbons (Fsp3) is 0.487. The predicted octanol–water partition coefficient (Wildman–Crippen LogP) is 11.1. The molecule has 0 heteroatoms. The van der Waals surface area contributed by atoms with Crippen LogP contribution in [-0.2, 0) is 19.3 Å². The Balaban J connectivity index is 1.48. The topological polar surface area (TPSA) is 0 Å². The summed E-state index contributed by atoms with van der Waals surface area (Å²) in [5.41, 5.74) is 8.62. The van der Waals surface area contributed by atoms with Crippen LogP contribution in [-0.4, -0.2) is 0 Å². The third-order valence-electron chi connectivity index (χ3n) is 9.13. The van der Waals surface area contributed by atoms with Crippen molar-refractivity contribution >= 4 is 0 Å². The summed E-state index contributed by atoms with van der Waals surface area (Å²) in [6.07, 6.45) is 17.4. The van der Waals surface area contributed by atoms with Gasteiger partial charge in [-0.1, -0.05) is 125 Å². The summed E-state index contributed by atoms with van der Waals surface area (Å²) in [7, 11) is 0. The van der Waals surface area contributed by atoms with E-state index in [1.807, 2.05) is 6.08 Å². The van der Waals surface area contributed by atoms with Crippen LogP contribution in [0, 0.1) is 17.8 Å². The van der Waals surface area contributed by atoms with Crippen molar-refractivity contribution in [1.29, 1.82) is 0 Å². The zero-order chi connectivity index (χ0) is 27.5. The van der Waals surface area contributed by atoms with Gasteiger partial charge in [0.2, 0.25) is 0 Å². The van der Waals surface area contributed by atoms with Gasteiger partial charge in [0, 0.05) is 5.92 Å². The van der Waals surface area contributed by atoms with Crippen molar-refractivity contribution in [2.24, 2.45) is 17.8 Å². The standard InChI is InChI=1S/C39H52/c1-5-7-8-9-31(4)11-13-33-20-26-37(27-21-33)39(36-24-18-32(19-25-36)12-10-30(3)6-2)38-28-22-35(23-29-38)17-16-34-14-15-34/h5,18-31,34,39H,1,6-17H2,2-4H3. The minimum Gasteiger partial charge on any atom is -0.103 e. The average Bonchev–Trinajstić information content (AvgIpc) is 3.81. The molecule has 0 bridgehead atoms. The molecule has 3 unspecified atom stereocenters. The lowest BCUT2D eigenvalue weighted by Gasteiger charge is -2.20. The first-order valence-electron chi connectivity index (χ1n) is 15.9. The quantitative estimate of drug-likeness (QED) is 0.0943. The van der Waals surface area contributed by atoms with Crippen LogP contribution < -0.4 is 0 Å². The van der Waals surface area contributed by atoms with E-state index in [1.54, 1.807) is 0 Å². The number of benzene rings is 3. The summed E-state index contributed by atoms with van der Waals surface area (Å²) >= 11 is 0. The van der Waals surface area contributed by atoms with E-state index in [4.69, 9.17) is 0 Å². The predicted molar refractivity (Wildman–Crippen MR) is 171 cm³/mol. The maximum atomic E-state index is 3.86. The van der Waals surface area contributed by atoms with Crippen molar-refractivity contribution in [3.05, 3.63) is 119 Å². The molecule has 3 atom stereocenters. The Hall–Kier alpha value is -2.60. The number of hydrogen-bond acceptors (Lipinski definition) is 0. The lowest BCUT2D eigenvalue weighted by molar-refractivity contribution is 0.477. The van der Waals surface area contributed by atoms with Crippen LogP contribution >= 0.6 is 0 Å². The molecule has 0 aromatic heterocycles. The van der Waals surface area contributed by atoms with Gasteiger partial charge >= 0.3 is 0 Å². The van der Waals surface area contributed by atoms with E-state index in [2.05, 4.69) is 100 Å². The van der Waals surface area contributed by atoms with Gasteiger partial charge in [0.25, 0.3) is 0 Å². The van der Waals surface area contributed by atoms with Gasteiger partial charge in [0.05, 0.1) is 0 Å². The molecule has 0 amide bonds. The van der Waals surface area contributed by atoms with Crippen LogP contribution in [0.3, 0.4) is 0 Å². The van der Waals surface area contributed by atoms with Gasteiger partial charge < -0.3 is 0 Å². The van der Waals surface area contributed by atoms with Crippen LogP contribution in [0.1, 0.15) is 118 Å². The maximum Gasteiger partial charge on any atom is 0.0339 e. The van der Waals surface area contributed by atoms with E-state index in [1.165, 1.54) is 104 Å². The zero-order valence-electron chi connectivity index (χ0n) is 25.0. The van der Waals surface area contributed by atoms with Crippen molar-refractivity contribution in [2.45, 2.75) is 104 Å². The summed E-state index contributed by atoms with van der Waals surface area (Å²) in [4.78, 5) is 0. The average molecular weight is 521 g/mol. The summed E-state index contributed by atoms with van der Waals surface area (Å²) in [6, 6.07) is 28.6. The summed E-state index contributed by atoms with van der Waals surface area (Å²) < 4.78 is 0. The first kappa shape index (κ1) is 29.4. The number of rotatable bonds is 17. The van der Waals surface area contributed by atoms with E-state index < -0.39 is 0 Å². The highest BCUT2D eigenvalue weighted by atomic mass is 14.3. The molecule has 39 heavy (non-hydrogen) atoms. The maximum absolute atomic E-state index is 3.86. The molecule has 1 saturated carbocycles. The molecule has 0 saturated heterocycles. The molecule has 1 fully saturated rings. The van der Waals surface area contributed by atoms with E-state index in [9.17, 15) is 0 Å². The lowest BCUT2D eigenvalue weighted by Crippen LogP contribution is -2.05. The third kappa shape index (κ3) is 9.52. The third-order valence-corrected chi connectivity index (χ3v) is 9.13. The molecule has 0 heterocycles. The fourth-order valence-electron chi connectivity index (χ4n) is 5.77. The van der Waals surface area contributed by atoms with Crippen molar-refractivity contribution in [3.8, 4) is 0 Å². The molecule has 0 aliphatic heterocycles. The molecule has 3 aromatic carbocycles. The first-order valence-corrected chi connectivity index (χ1v) is 15.9. The molecule has 208 valence electrons. The van der Waals surface area contributed by atoms with Gasteiger partial charge in [-0.2, -0.15) is 0 Å². The molecule has 1 aliphatic rings. The van der Waals surface area contributed by atoms with Gasteiger partial charge in [-0.05, 0) is 103 Å². The molecule has 0 radical (unpaired) electrons.